The minimum atomic E-state index is -1.78. The van der Waals surface area contributed by atoms with Gasteiger partial charge in [0, 0.05) is 59.3 Å². The molecule has 15 heteroatoms. The maximum Gasteiger partial charge on any atom is 0.411 e. The minimum absolute atomic E-state index is 0.0240. The summed E-state index contributed by atoms with van der Waals surface area (Å²) in [6.45, 7) is 11.6. The van der Waals surface area contributed by atoms with Gasteiger partial charge in [-0.3, -0.25) is 4.79 Å². The number of carbonyl (C=O) groups excluding carboxylic acids is 2. The molecule has 0 radical (unpaired) electrons. The number of aromatic nitrogens is 6. The van der Waals surface area contributed by atoms with E-state index in [1.165, 1.54) is 10.6 Å². The van der Waals surface area contributed by atoms with E-state index in [9.17, 15) is 29.4 Å². The molecule has 1 fully saturated rings. The van der Waals surface area contributed by atoms with Crippen LogP contribution < -0.4 is 11.2 Å². The second kappa shape index (κ2) is 15.8. The zero-order chi connectivity index (χ0) is 45.5. The van der Waals surface area contributed by atoms with Gasteiger partial charge >= 0.3 is 17.8 Å². The molecule has 1 atom stereocenters. The summed E-state index contributed by atoms with van der Waals surface area (Å²) in [5, 5.41) is 29.9. The molecule has 10 rings (SSSR count). The maximum absolute atomic E-state index is 14.2. The quantitative estimate of drug-likeness (QED) is 0.120. The predicted molar refractivity (Wildman–Crippen MR) is 244 cm³/mol. The Morgan fingerprint density at radius 3 is 2.54 bits per heavy atom. The molecule has 0 saturated carbocycles. The number of aryl methyl sites for hydroxylation is 3. The Morgan fingerprint density at radius 1 is 0.985 bits per heavy atom. The molecule has 3 aliphatic heterocycles. The summed E-state index contributed by atoms with van der Waals surface area (Å²) >= 11 is 0. The highest BCUT2D eigenvalue weighted by Crippen LogP contribution is 2.43. The second-order valence-corrected chi connectivity index (χ2v) is 18.0. The van der Waals surface area contributed by atoms with E-state index in [4.69, 9.17) is 14.5 Å². The van der Waals surface area contributed by atoms with E-state index < -0.39 is 23.4 Å². The predicted octanol–water partition coefficient (Wildman–Crippen LogP) is 7.93. The average molecular weight is 878 g/mol. The summed E-state index contributed by atoms with van der Waals surface area (Å²) in [7, 11) is 0. The number of hydrogen-bond acceptors (Lipinski definition) is 10. The Hall–Kier alpha value is -7.16. The number of cyclic esters (lactones) is 1. The van der Waals surface area contributed by atoms with Gasteiger partial charge in [0.05, 0.1) is 40.3 Å². The number of pyridine rings is 2. The summed E-state index contributed by atoms with van der Waals surface area (Å²) < 4.78 is 17.1. The smallest absolute Gasteiger partial charge is 0.411 e. The molecule has 4 aromatic heterocycles. The number of benzene rings is 3. The van der Waals surface area contributed by atoms with Crippen molar-refractivity contribution in [3.8, 4) is 40.0 Å². The fourth-order valence-electron chi connectivity index (χ4n) is 10.3. The van der Waals surface area contributed by atoms with E-state index in [1.807, 2.05) is 62.5 Å². The molecule has 15 nitrogen and oxygen atoms in total. The zero-order valence-electron chi connectivity index (χ0n) is 37.1. The first kappa shape index (κ1) is 41.8. The third-order valence-electron chi connectivity index (χ3n) is 13.9. The van der Waals surface area contributed by atoms with Gasteiger partial charge in [-0.05, 0) is 111 Å². The van der Waals surface area contributed by atoms with Gasteiger partial charge in [0.2, 0.25) is 5.60 Å². The molecule has 7 heterocycles. The molecule has 65 heavy (non-hydrogen) atoms. The minimum Gasteiger partial charge on any atom is -0.508 e. The number of rotatable bonds is 9. The lowest BCUT2D eigenvalue weighted by molar-refractivity contribution is -0.173. The molecule has 0 spiro atoms. The van der Waals surface area contributed by atoms with E-state index in [0.717, 1.165) is 70.7 Å². The zero-order valence-corrected chi connectivity index (χ0v) is 37.1. The number of nitrogens with one attached hydrogen (secondary N) is 1. The van der Waals surface area contributed by atoms with Crippen molar-refractivity contribution in [2.45, 2.75) is 97.9 Å². The third kappa shape index (κ3) is 6.78. The van der Waals surface area contributed by atoms with Crippen molar-refractivity contribution in [2.75, 3.05) is 13.1 Å². The Kier molecular flexibility index (Phi) is 10.2. The van der Waals surface area contributed by atoms with Crippen molar-refractivity contribution in [1.29, 1.82) is 0 Å². The lowest BCUT2D eigenvalue weighted by Gasteiger charge is -2.38. The number of likely N-dealkylation sites (tertiary alicyclic amines) is 1. The fraction of sp³-hybridized carbons (Fsp3) is 0.360. The SMILES string of the molecule is CCc1c2c(nc3ccc(C)cc13)-c1cc3c(c(=O)n1C2)COC(=O)[C@@]3(CC)OC(=O)N1CCC(CCn2ccc3cc(-n4c(-c5cc(C(C)C)c(O)cc5O)n[nH]c4=O)ccc32)CC1. The van der Waals surface area contributed by atoms with Crippen LogP contribution in [0.3, 0.4) is 0 Å². The van der Waals surface area contributed by atoms with Crippen molar-refractivity contribution in [2.24, 2.45) is 5.92 Å². The molecule has 7 aromatic rings. The van der Waals surface area contributed by atoms with Gasteiger partial charge in [-0.25, -0.2) is 29.0 Å². The molecule has 1 amide bonds. The fourth-order valence-corrected chi connectivity index (χ4v) is 10.3. The normalized spacial score (nSPS) is 17.1. The summed E-state index contributed by atoms with van der Waals surface area (Å²) in [5.41, 5.74) is 6.11. The first-order valence-corrected chi connectivity index (χ1v) is 22.5. The van der Waals surface area contributed by atoms with Crippen molar-refractivity contribution in [3.05, 3.63) is 121 Å². The van der Waals surface area contributed by atoms with Gasteiger partial charge in [0.15, 0.2) is 5.82 Å². The lowest BCUT2D eigenvalue weighted by atomic mass is 9.85. The highest BCUT2D eigenvalue weighted by molar-refractivity contribution is 5.90. The number of aromatic amines is 1. The first-order valence-electron chi connectivity index (χ1n) is 22.5. The van der Waals surface area contributed by atoms with Crippen LogP contribution in [0.15, 0.2) is 76.4 Å². The second-order valence-electron chi connectivity index (χ2n) is 18.0. The number of nitrogens with zero attached hydrogens (tertiary/aromatic N) is 6. The lowest BCUT2D eigenvalue weighted by Crippen LogP contribution is -2.50. The number of H-pyrrole nitrogens is 1. The number of aromatic hydroxyl groups is 2. The van der Waals surface area contributed by atoms with Crippen LogP contribution in [0.25, 0.3) is 50.3 Å². The number of esters is 1. The molecule has 1 saturated heterocycles. The number of ether oxygens (including phenoxy) is 2. The van der Waals surface area contributed by atoms with E-state index in [2.05, 4.69) is 34.7 Å². The monoisotopic (exact) mass is 877 g/mol. The van der Waals surface area contributed by atoms with Crippen molar-refractivity contribution < 1.29 is 29.3 Å². The Labute approximate surface area is 373 Å². The topological polar surface area (TPSA) is 187 Å². The van der Waals surface area contributed by atoms with Crippen LogP contribution in [-0.4, -0.2) is 69.1 Å². The summed E-state index contributed by atoms with van der Waals surface area (Å²) in [5.74, 6) is -0.359. The average Bonchev–Trinajstić information content (AvgIpc) is 4.00. The van der Waals surface area contributed by atoms with Crippen molar-refractivity contribution in [1.82, 2.24) is 33.8 Å². The van der Waals surface area contributed by atoms with Crippen LogP contribution in [0.4, 0.5) is 4.79 Å². The first-order chi connectivity index (χ1) is 31.3. The Balaban J connectivity index is 0.832. The third-order valence-corrected chi connectivity index (χ3v) is 13.9. The number of hydrogen-bond donors (Lipinski definition) is 3. The standard InChI is InChI=1S/C50H51N7O8/c1-6-32-34-20-28(5)8-10-39(34)51-44-36(32)25-56-41(44)23-38-37(46(56)60)26-64-47(61)50(38,7-2)65-49(63)55-17-13-29(14-18-55)12-16-54-19-15-30-21-31(9-11-40(30)54)57-45(52-53-48(57)62)35-22-33(27(3)4)42(58)24-43(35)59/h8-11,15,19-24,27,29,58-59H,6-7,12-14,16-18,25-26H2,1-5H3,(H,53,62)/t50-/m0/s1. The Bertz CT molecular complexity index is 3220. The van der Waals surface area contributed by atoms with Gasteiger partial charge in [-0.15, -0.1) is 0 Å². The van der Waals surface area contributed by atoms with Crippen molar-refractivity contribution >= 4 is 33.9 Å². The number of fused-ring (bicyclic) bond motifs is 6. The summed E-state index contributed by atoms with van der Waals surface area (Å²) in [4.78, 5) is 61.8. The van der Waals surface area contributed by atoms with Crippen LogP contribution in [0.5, 0.6) is 11.5 Å². The van der Waals surface area contributed by atoms with Crippen LogP contribution in [0, 0.1) is 12.8 Å². The largest absolute Gasteiger partial charge is 0.508 e. The van der Waals surface area contributed by atoms with E-state index in [-0.39, 0.29) is 41.8 Å². The number of piperidine rings is 1. The highest BCUT2D eigenvalue weighted by atomic mass is 16.6. The highest BCUT2D eigenvalue weighted by Gasteiger charge is 2.51. The molecular weight excluding hydrogens is 827 g/mol. The van der Waals surface area contributed by atoms with Crippen LogP contribution in [0.2, 0.25) is 0 Å². The molecule has 334 valence electrons. The maximum atomic E-state index is 14.2. The molecule has 0 bridgehead atoms. The molecule has 3 N–H and O–H groups in total. The molecule has 0 aliphatic carbocycles. The van der Waals surface area contributed by atoms with Crippen molar-refractivity contribution in [3.63, 3.8) is 0 Å². The number of phenols is 2. The number of carbonyl (C=O) groups is 2. The van der Waals surface area contributed by atoms with Crippen LogP contribution in [-0.2, 0) is 46.0 Å². The van der Waals surface area contributed by atoms with Crippen LogP contribution in [0.1, 0.15) is 92.7 Å². The van der Waals surface area contributed by atoms with Gasteiger partial charge in [-0.1, -0.05) is 39.3 Å². The van der Waals surface area contributed by atoms with E-state index in [1.54, 1.807) is 22.5 Å². The Morgan fingerprint density at radius 2 is 1.78 bits per heavy atom. The van der Waals surface area contributed by atoms with E-state index >= 15 is 0 Å². The van der Waals surface area contributed by atoms with Gasteiger partial charge in [-0.2, -0.15) is 5.10 Å². The van der Waals surface area contributed by atoms with E-state index in [0.29, 0.717) is 64.9 Å². The molecule has 0 unspecified atom stereocenters. The summed E-state index contributed by atoms with van der Waals surface area (Å²) in [6.07, 6.45) is 4.63. The molecule has 3 aromatic carbocycles. The number of phenolic OH excluding ortho intramolecular Hbond substituents is 2. The number of amides is 1. The van der Waals surface area contributed by atoms with Gasteiger partial charge in [0.25, 0.3) is 5.56 Å². The molecule has 3 aliphatic rings. The summed E-state index contributed by atoms with van der Waals surface area (Å²) in [6, 6.07) is 18.6. The molecular formula is C50H51N7O8. The van der Waals surface area contributed by atoms with Crippen LogP contribution >= 0.6 is 0 Å². The van der Waals surface area contributed by atoms with Gasteiger partial charge < -0.3 is 33.7 Å². The van der Waals surface area contributed by atoms with Gasteiger partial charge in [0.1, 0.15) is 18.1 Å².